The molecule has 2 N–H and O–H groups in total. The zero-order chi connectivity index (χ0) is 19.0. The monoisotopic (exact) mass is 365 g/mol. The summed E-state index contributed by atoms with van der Waals surface area (Å²) in [6.07, 6.45) is 34.4. The average Bonchev–Trinajstić information content (AvgIpc) is 2.66. The van der Waals surface area contributed by atoms with Gasteiger partial charge in [0.05, 0.1) is 0 Å². The lowest BCUT2D eigenvalue weighted by Gasteiger charge is -2.03. The highest BCUT2D eigenvalue weighted by molar-refractivity contribution is 4.81. The van der Waals surface area contributed by atoms with Crippen LogP contribution < -0.4 is 5.73 Å². The van der Waals surface area contributed by atoms with Gasteiger partial charge >= 0.3 is 0 Å². The number of hydrogen-bond donors (Lipinski definition) is 1. The Balaban J connectivity index is 3.01. The molecule has 1 heteroatoms. The van der Waals surface area contributed by atoms with Gasteiger partial charge in [0.1, 0.15) is 0 Å². The zero-order valence-electron chi connectivity index (χ0n) is 18.3. The van der Waals surface area contributed by atoms with E-state index >= 15 is 0 Å². The molecular weight excluding hydrogens is 314 g/mol. The Bertz CT molecular complexity index is 259. The van der Waals surface area contributed by atoms with Crippen molar-refractivity contribution in [1.82, 2.24) is 0 Å². The summed E-state index contributed by atoms with van der Waals surface area (Å²) in [5.41, 5.74) is 5.50. The van der Waals surface area contributed by atoms with Crippen LogP contribution in [0.1, 0.15) is 142 Å². The minimum Gasteiger partial charge on any atom is -0.330 e. The standard InChI is InChI=1S/C25H51N/c1-2-3-4-5-6-7-8-9-10-11-12-13-14-15-16-17-18-19-20-21-22-23-24-25-26/h19-20H,2-18,21-26H2,1H3/b20-19+. The van der Waals surface area contributed by atoms with Crippen LogP contribution in [0, 0.1) is 0 Å². The van der Waals surface area contributed by atoms with Gasteiger partial charge in [0.15, 0.2) is 0 Å². The zero-order valence-corrected chi connectivity index (χ0v) is 18.3. The Hall–Kier alpha value is -0.300. The highest BCUT2D eigenvalue weighted by Crippen LogP contribution is 2.14. The van der Waals surface area contributed by atoms with Crippen LogP contribution in [0.15, 0.2) is 12.2 Å². The first-order chi connectivity index (χ1) is 12.9. The normalized spacial score (nSPS) is 11.6. The third kappa shape index (κ3) is 23.7. The lowest BCUT2D eigenvalue weighted by atomic mass is 10.0. The molecule has 0 aromatic heterocycles. The molecule has 0 amide bonds. The predicted molar refractivity (Wildman–Crippen MR) is 121 cm³/mol. The number of allylic oxidation sites excluding steroid dienone is 2. The van der Waals surface area contributed by atoms with Crippen molar-refractivity contribution < 1.29 is 0 Å². The van der Waals surface area contributed by atoms with Crippen LogP contribution in [-0.4, -0.2) is 6.54 Å². The highest BCUT2D eigenvalue weighted by atomic mass is 14.5. The molecule has 0 atom stereocenters. The van der Waals surface area contributed by atoms with Crippen LogP contribution in [0.4, 0.5) is 0 Å². The van der Waals surface area contributed by atoms with Gasteiger partial charge in [-0.3, -0.25) is 0 Å². The molecule has 0 radical (unpaired) electrons. The van der Waals surface area contributed by atoms with E-state index in [0.29, 0.717) is 0 Å². The van der Waals surface area contributed by atoms with E-state index < -0.39 is 0 Å². The summed E-state index contributed by atoms with van der Waals surface area (Å²) in [5.74, 6) is 0. The van der Waals surface area contributed by atoms with Crippen molar-refractivity contribution in [2.24, 2.45) is 5.73 Å². The Morgan fingerprint density at radius 1 is 0.423 bits per heavy atom. The van der Waals surface area contributed by atoms with Crippen molar-refractivity contribution in [3.8, 4) is 0 Å². The Kier molecular flexibility index (Phi) is 24.4. The van der Waals surface area contributed by atoms with E-state index in [1.165, 1.54) is 135 Å². The lowest BCUT2D eigenvalue weighted by Crippen LogP contribution is -1.97. The van der Waals surface area contributed by atoms with Crippen molar-refractivity contribution >= 4 is 0 Å². The van der Waals surface area contributed by atoms with Crippen LogP contribution in [0.25, 0.3) is 0 Å². The molecule has 1 nitrogen and oxygen atoms in total. The van der Waals surface area contributed by atoms with Gasteiger partial charge in [-0.25, -0.2) is 0 Å². The minimum atomic E-state index is 0.850. The fraction of sp³-hybridized carbons (Fsp3) is 0.920. The Morgan fingerprint density at radius 3 is 1.08 bits per heavy atom. The summed E-state index contributed by atoms with van der Waals surface area (Å²) in [6, 6.07) is 0. The van der Waals surface area contributed by atoms with Crippen LogP contribution in [0.2, 0.25) is 0 Å². The number of nitrogens with two attached hydrogens (primary N) is 1. The fourth-order valence-electron chi connectivity index (χ4n) is 3.63. The van der Waals surface area contributed by atoms with Gasteiger partial charge in [0, 0.05) is 0 Å². The van der Waals surface area contributed by atoms with Gasteiger partial charge < -0.3 is 5.73 Å². The molecule has 0 heterocycles. The molecule has 0 saturated heterocycles. The van der Waals surface area contributed by atoms with Gasteiger partial charge in [-0.2, -0.15) is 0 Å². The minimum absolute atomic E-state index is 0.850. The molecule has 0 aromatic carbocycles. The van der Waals surface area contributed by atoms with Gasteiger partial charge in [0.2, 0.25) is 0 Å². The van der Waals surface area contributed by atoms with Crippen molar-refractivity contribution in [1.29, 1.82) is 0 Å². The summed E-state index contributed by atoms with van der Waals surface area (Å²) in [4.78, 5) is 0. The Morgan fingerprint density at radius 2 is 0.731 bits per heavy atom. The summed E-state index contributed by atoms with van der Waals surface area (Å²) in [7, 11) is 0. The molecule has 0 bridgehead atoms. The molecule has 0 unspecified atom stereocenters. The highest BCUT2D eigenvalue weighted by Gasteiger charge is 1.94. The molecule has 0 rings (SSSR count). The first kappa shape index (κ1) is 25.7. The molecule has 0 saturated carbocycles. The van der Waals surface area contributed by atoms with E-state index in [1.807, 2.05) is 0 Å². The summed E-state index contributed by atoms with van der Waals surface area (Å²) >= 11 is 0. The van der Waals surface area contributed by atoms with E-state index in [-0.39, 0.29) is 0 Å². The second-order valence-electron chi connectivity index (χ2n) is 8.20. The van der Waals surface area contributed by atoms with Crippen molar-refractivity contribution in [2.45, 2.75) is 142 Å². The smallest absolute Gasteiger partial charge is 0.00773 e. The maximum absolute atomic E-state index is 5.50. The predicted octanol–water partition coefficient (Wildman–Crippen LogP) is 8.71. The maximum Gasteiger partial charge on any atom is -0.00773 e. The molecule has 0 fully saturated rings. The molecule has 0 aromatic rings. The first-order valence-corrected chi connectivity index (χ1v) is 12.3. The summed E-state index contributed by atoms with van der Waals surface area (Å²) in [6.45, 7) is 3.15. The average molecular weight is 366 g/mol. The van der Waals surface area contributed by atoms with Crippen LogP contribution in [0.3, 0.4) is 0 Å². The molecule has 0 aliphatic heterocycles. The van der Waals surface area contributed by atoms with E-state index in [9.17, 15) is 0 Å². The molecule has 156 valence electrons. The molecular formula is C25H51N. The number of unbranched alkanes of at least 4 members (excludes halogenated alkanes) is 19. The number of rotatable bonds is 22. The second-order valence-corrected chi connectivity index (χ2v) is 8.20. The third-order valence-corrected chi connectivity index (χ3v) is 5.47. The van der Waals surface area contributed by atoms with Crippen molar-refractivity contribution in [3.05, 3.63) is 12.2 Å². The fourth-order valence-corrected chi connectivity index (χ4v) is 3.63. The SMILES string of the molecule is CCCCCCCCCCCCCCCCCC/C=C/CCCCCN. The van der Waals surface area contributed by atoms with Crippen molar-refractivity contribution in [3.63, 3.8) is 0 Å². The molecule has 0 spiro atoms. The Labute approximate surface area is 166 Å². The third-order valence-electron chi connectivity index (χ3n) is 5.47. The van der Waals surface area contributed by atoms with Gasteiger partial charge in [-0.1, -0.05) is 122 Å². The molecule has 0 aliphatic rings. The van der Waals surface area contributed by atoms with Crippen LogP contribution in [-0.2, 0) is 0 Å². The summed E-state index contributed by atoms with van der Waals surface area (Å²) < 4.78 is 0. The largest absolute Gasteiger partial charge is 0.330 e. The topological polar surface area (TPSA) is 26.0 Å². The van der Waals surface area contributed by atoms with Gasteiger partial charge in [0.25, 0.3) is 0 Å². The van der Waals surface area contributed by atoms with E-state index in [2.05, 4.69) is 19.1 Å². The maximum atomic E-state index is 5.50. The van der Waals surface area contributed by atoms with Crippen LogP contribution >= 0.6 is 0 Å². The second kappa shape index (κ2) is 24.7. The van der Waals surface area contributed by atoms with E-state index in [1.54, 1.807) is 0 Å². The quantitative estimate of drug-likeness (QED) is 0.151. The van der Waals surface area contributed by atoms with Crippen LogP contribution in [0.5, 0.6) is 0 Å². The first-order valence-electron chi connectivity index (χ1n) is 12.3. The van der Waals surface area contributed by atoms with E-state index in [4.69, 9.17) is 5.73 Å². The van der Waals surface area contributed by atoms with Crippen molar-refractivity contribution in [2.75, 3.05) is 6.54 Å². The summed E-state index contributed by atoms with van der Waals surface area (Å²) in [5, 5.41) is 0. The van der Waals surface area contributed by atoms with E-state index in [0.717, 1.165) is 6.54 Å². The lowest BCUT2D eigenvalue weighted by molar-refractivity contribution is 0.530. The number of hydrogen-bond acceptors (Lipinski definition) is 1. The molecule has 26 heavy (non-hydrogen) atoms. The molecule has 0 aliphatic carbocycles. The van der Waals surface area contributed by atoms with Gasteiger partial charge in [-0.15, -0.1) is 0 Å². The van der Waals surface area contributed by atoms with Gasteiger partial charge in [-0.05, 0) is 38.6 Å².